The lowest BCUT2D eigenvalue weighted by molar-refractivity contribution is 1.17. The van der Waals surface area contributed by atoms with Crippen LogP contribution in [0.2, 0.25) is 0 Å². The van der Waals surface area contributed by atoms with Gasteiger partial charge in [-0.05, 0) is 12.0 Å². The third-order valence-electron chi connectivity index (χ3n) is 1.43. The highest BCUT2D eigenvalue weighted by atomic mass is 79.9. The van der Waals surface area contributed by atoms with Gasteiger partial charge in [-0.1, -0.05) is 28.1 Å². The molecule has 56 valence electrons. The summed E-state index contributed by atoms with van der Waals surface area (Å²) in [6, 6.07) is 7.49. The number of aryl methyl sites for hydroxylation is 1. The van der Waals surface area contributed by atoms with Gasteiger partial charge in [0.2, 0.25) is 5.39 Å². The first-order chi connectivity index (χ1) is 5.36. The number of hydrogen-bond acceptors (Lipinski definition) is 1. The Morgan fingerprint density at radius 3 is 2.36 bits per heavy atom. The van der Waals surface area contributed by atoms with E-state index in [1.54, 1.807) is 12.1 Å². The van der Waals surface area contributed by atoms with Crippen molar-refractivity contribution in [2.75, 3.05) is 5.33 Å². The summed E-state index contributed by atoms with van der Waals surface area (Å²) in [5, 5.41) is 9.34. The van der Waals surface area contributed by atoms with E-state index < -0.39 is 0 Å². The predicted molar refractivity (Wildman–Crippen MR) is 48.7 cm³/mol. The standard InChI is InChI=1S/C8H8BrN2/c9-6-5-7-1-3-8(11-10)4-2-7/h1-4H,5-6H2/q+1. The Balaban J connectivity index is 2.76. The van der Waals surface area contributed by atoms with Crippen LogP contribution in [0.4, 0.5) is 5.69 Å². The van der Waals surface area contributed by atoms with E-state index in [0.717, 1.165) is 11.8 Å². The first kappa shape index (κ1) is 8.22. The summed E-state index contributed by atoms with van der Waals surface area (Å²) in [6.45, 7) is 0. The summed E-state index contributed by atoms with van der Waals surface area (Å²) in [7, 11) is 0. The Morgan fingerprint density at radius 1 is 1.27 bits per heavy atom. The van der Waals surface area contributed by atoms with Crippen LogP contribution in [0.1, 0.15) is 5.56 Å². The Bertz CT molecular complexity index is 260. The molecule has 0 aliphatic carbocycles. The first-order valence-electron chi connectivity index (χ1n) is 3.37. The quantitative estimate of drug-likeness (QED) is 0.546. The Labute approximate surface area is 74.0 Å². The molecule has 3 heteroatoms. The van der Waals surface area contributed by atoms with Crippen LogP contribution in [-0.4, -0.2) is 5.33 Å². The second kappa shape index (κ2) is 4.09. The summed E-state index contributed by atoms with van der Waals surface area (Å²) in [5.41, 5.74) is 1.84. The second-order valence-corrected chi connectivity index (χ2v) is 3.00. The number of alkyl halides is 1. The Kier molecular flexibility index (Phi) is 3.06. The predicted octanol–water partition coefficient (Wildman–Crippen LogP) is 3.11. The monoisotopic (exact) mass is 211 g/mol. The molecule has 0 unspecified atom stereocenters. The molecule has 11 heavy (non-hydrogen) atoms. The van der Waals surface area contributed by atoms with E-state index in [-0.39, 0.29) is 0 Å². The summed E-state index contributed by atoms with van der Waals surface area (Å²) in [4.78, 5) is 3.06. The Hall–Kier alpha value is -0.880. The van der Waals surface area contributed by atoms with Gasteiger partial charge in [0, 0.05) is 17.5 Å². The van der Waals surface area contributed by atoms with E-state index in [1.165, 1.54) is 5.56 Å². The van der Waals surface area contributed by atoms with Gasteiger partial charge in [0.05, 0.1) is 0 Å². The van der Waals surface area contributed by atoms with E-state index in [1.807, 2.05) is 12.1 Å². The molecule has 0 heterocycles. The molecule has 0 atom stereocenters. The van der Waals surface area contributed by atoms with Crippen LogP contribution in [0.3, 0.4) is 0 Å². The molecule has 1 aromatic carbocycles. The maximum absolute atomic E-state index is 8.37. The number of rotatable bonds is 2. The number of hydrogen-bond donors (Lipinski definition) is 0. The fraction of sp³-hybridized carbons (Fsp3) is 0.250. The molecule has 0 saturated carbocycles. The molecule has 1 aromatic rings. The van der Waals surface area contributed by atoms with Gasteiger partial charge in [0.15, 0.2) is 4.98 Å². The molecular weight excluding hydrogens is 204 g/mol. The van der Waals surface area contributed by atoms with Gasteiger partial charge in [-0.3, -0.25) is 0 Å². The lowest BCUT2D eigenvalue weighted by Crippen LogP contribution is -1.82. The van der Waals surface area contributed by atoms with Crippen molar-refractivity contribution in [2.45, 2.75) is 6.42 Å². The van der Waals surface area contributed by atoms with Crippen molar-refractivity contribution in [3.05, 3.63) is 34.8 Å². The molecule has 0 amide bonds. The van der Waals surface area contributed by atoms with Crippen molar-refractivity contribution < 1.29 is 0 Å². The van der Waals surface area contributed by atoms with Crippen LogP contribution in [-0.2, 0) is 6.42 Å². The normalized spacial score (nSPS) is 9.09. The van der Waals surface area contributed by atoms with Crippen molar-refractivity contribution >= 4 is 21.6 Å². The van der Waals surface area contributed by atoms with Crippen molar-refractivity contribution in [3.63, 3.8) is 0 Å². The number of benzene rings is 1. The van der Waals surface area contributed by atoms with E-state index in [4.69, 9.17) is 5.39 Å². The molecule has 0 radical (unpaired) electrons. The van der Waals surface area contributed by atoms with E-state index >= 15 is 0 Å². The van der Waals surface area contributed by atoms with Crippen molar-refractivity contribution in [2.24, 2.45) is 0 Å². The third kappa shape index (κ3) is 2.32. The Morgan fingerprint density at radius 2 is 1.91 bits per heavy atom. The molecule has 2 nitrogen and oxygen atoms in total. The third-order valence-corrected chi connectivity index (χ3v) is 1.83. The second-order valence-electron chi connectivity index (χ2n) is 2.21. The molecule has 0 spiro atoms. The van der Waals surface area contributed by atoms with E-state index in [9.17, 15) is 0 Å². The summed E-state index contributed by atoms with van der Waals surface area (Å²) < 4.78 is 0. The highest BCUT2D eigenvalue weighted by Gasteiger charge is 2.01. The lowest BCUT2D eigenvalue weighted by atomic mass is 10.2. The molecule has 0 aliphatic heterocycles. The molecular formula is C8H8BrN2+. The van der Waals surface area contributed by atoms with Gasteiger partial charge in [0.25, 0.3) is 0 Å². The molecule has 0 bridgehead atoms. The minimum absolute atomic E-state index is 0.600. The van der Waals surface area contributed by atoms with Gasteiger partial charge >= 0.3 is 5.69 Å². The zero-order valence-electron chi connectivity index (χ0n) is 6.00. The SMILES string of the molecule is N#[N+]c1ccc(CCBr)cc1. The van der Waals surface area contributed by atoms with Crippen molar-refractivity contribution in [1.29, 1.82) is 5.39 Å². The minimum atomic E-state index is 0.600. The average molecular weight is 212 g/mol. The molecule has 0 aliphatic rings. The number of halogens is 1. The average Bonchev–Trinajstić information content (AvgIpc) is 2.07. The van der Waals surface area contributed by atoms with Crippen molar-refractivity contribution in [3.8, 4) is 0 Å². The number of nitrogens with zero attached hydrogens (tertiary/aromatic N) is 2. The zero-order valence-corrected chi connectivity index (χ0v) is 7.58. The summed E-state index contributed by atoms with van der Waals surface area (Å²) in [6.07, 6.45) is 1.01. The largest absolute Gasteiger partial charge is 0.385 e. The highest BCUT2D eigenvalue weighted by Crippen LogP contribution is 2.12. The summed E-state index contributed by atoms with van der Waals surface area (Å²) >= 11 is 3.35. The van der Waals surface area contributed by atoms with Crippen LogP contribution in [0.5, 0.6) is 0 Å². The van der Waals surface area contributed by atoms with Gasteiger partial charge < -0.3 is 0 Å². The van der Waals surface area contributed by atoms with Gasteiger partial charge in [0.1, 0.15) is 0 Å². The van der Waals surface area contributed by atoms with E-state index in [0.29, 0.717) is 5.69 Å². The minimum Gasteiger partial charge on any atom is -0.0924 e. The van der Waals surface area contributed by atoms with Crippen LogP contribution >= 0.6 is 15.9 Å². The van der Waals surface area contributed by atoms with Crippen LogP contribution in [0.15, 0.2) is 24.3 Å². The molecule has 1 rings (SSSR count). The fourth-order valence-corrected chi connectivity index (χ4v) is 1.30. The maximum atomic E-state index is 8.37. The molecule has 0 fully saturated rings. The summed E-state index contributed by atoms with van der Waals surface area (Å²) in [5.74, 6) is 0. The topological polar surface area (TPSA) is 28.1 Å². The fourth-order valence-electron chi connectivity index (χ4n) is 0.838. The van der Waals surface area contributed by atoms with Crippen molar-refractivity contribution in [1.82, 2.24) is 0 Å². The van der Waals surface area contributed by atoms with Gasteiger partial charge in [-0.15, -0.1) is 0 Å². The zero-order chi connectivity index (χ0) is 8.10. The van der Waals surface area contributed by atoms with Gasteiger partial charge in [-0.25, -0.2) is 0 Å². The number of diazo groups is 1. The molecule has 0 N–H and O–H groups in total. The smallest absolute Gasteiger partial charge is 0.0924 e. The van der Waals surface area contributed by atoms with Crippen LogP contribution in [0, 0.1) is 5.39 Å². The first-order valence-corrected chi connectivity index (χ1v) is 4.49. The maximum Gasteiger partial charge on any atom is 0.385 e. The highest BCUT2D eigenvalue weighted by molar-refractivity contribution is 9.09. The van der Waals surface area contributed by atoms with Crippen LogP contribution in [0.25, 0.3) is 4.98 Å². The molecule has 0 aromatic heterocycles. The lowest BCUT2D eigenvalue weighted by Gasteiger charge is -1.92. The van der Waals surface area contributed by atoms with Crippen LogP contribution < -0.4 is 0 Å². The van der Waals surface area contributed by atoms with E-state index in [2.05, 4.69) is 20.9 Å². The van der Waals surface area contributed by atoms with Gasteiger partial charge in [-0.2, -0.15) is 0 Å². The molecule has 0 saturated heterocycles.